The van der Waals surface area contributed by atoms with Gasteiger partial charge in [-0.3, -0.25) is 9.59 Å². The first-order valence-corrected chi connectivity index (χ1v) is 9.37. The van der Waals surface area contributed by atoms with Gasteiger partial charge in [-0.25, -0.2) is 0 Å². The topological polar surface area (TPSA) is 67.4 Å². The first-order valence-electron chi connectivity index (χ1n) is 7.78. The highest BCUT2D eigenvalue weighted by Gasteiger charge is 2.14. The largest absolute Gasteiger partial charge is 0.482 e. The van der Waals surface area contributed by atoms with Crippen LogP contribution in [-0.2, 0) is 4.79 Å². The van der Waals surface area contributed by atoms with Crippen molar-refractivity contribution >= 4 is 49.4 Å². The van der Waals surface area contributed by atoms with Gasteiger partial charge in [-0.05, 0) is 52.7 Å². The smallest absolute Gasteiger partial charge is 0.262 e. The first-order chi connectivity index (χ1) is 12.4. The van der Waals surface area contributed by atoms with E-state index in [0.29, 0.717) is 23.5 Å². The van der Waals surface area contributed by atoms with Gasteiger partial charge in [0.2, 0.25) is 0 Å². The second-order valence-corrected chi connectivity index (χ2v) is 7.18. The maximum absolute atomic E-state index is 12.3. The third kappa shape index (κ3) is 5.44. The van der Waals surface area contributed by atoms with Gasteiger partial charge in [0.05, 0.1) is 15.7 Å². The Morgan fingerprint density at radius 2 is 1.96 bits per heavy atom. The molecule has 0 heterocycles. The van der Waals surface area contributed by atoms with Gasteiger partial charge < -0.3 is 15.4 Å². The minimum absolute atomic E-state index is 0.177. The number of nitrogens with one attached hydrogen (secondary N) is 2. The molecule has 0 aliphatic carbocycles. The van der Waals surface area contributed by atoms with Gasteiger partial charge in [-0.15, -0.1) is 6.58 Å². The fourth-order valence-corrected chi connectivity index (χ4v) is 3.80. The molecule has 2 amide bonds. The second kappa shape index (κ2) is 9.54. The quantitative estimate of drug-likeness (QED) is 0.574. The van der Waals surface area contributed by atoms with Crippen molar-refractivity contribution in [2.24, 2.45) is 0 Å². The van der Waals surface area contributed by atoms with Crippen molar-refractivity contribution in [3.05, 3.63) is 69.1 Å². The molecule has 2 N–H and O–H groups in total. The molecule has 2 rings (SSSR count). The number of benzene rings is 2. The molecule has 0 bridgehead atoms. The van der Waals surface area contributed by atoms with Crippen LogP contribution in [0.3, 0.4) is 0 Å². The van der Waals surface area contributed by atoms with Crippen LogP contribution >= 0.6 is 31.9 Å². The molecule has 2 aromatic carbocycles. The van der Waals surface area contributed by atoms with Crippen molar-refractivity contribution < 1.29 is 14.3 Å². The minimum atomic E-state index is -0.358. The molecule has 5 nitrogen and oxygen atoms in total. The fraction of sp³-hybridized carbons (Fsp3) is 0.158. The summed E-state index contributed by atoms with van der Waals surface area (Å²) in [7, 11) is 0. The van der Waals surface area contributed by atoms with Crippen LogP contribution in [-0.4, -0.2) is 25.0 Å². The molecule has 7 heteroatoms. The molecule has 0 aliphatic heterocycles. The Balaban J connectivity index is 2.05. The number of aryl methyl sites for hydroxylation is 1. The van der Waals surface area contributed by atoms with Gasteiger partial charge in [0.1, 0.15) is 5.75 Å². The Bertz CT molecular complexity index is 814. The Kier molecular flexibility index (Phi) is 7.41. The van der Waals surface area contributed by atoms with Gasteiger partial charge >= 0.3 is 0 Å². The molecule has 2 aromatic rings. The lowest BCUT2D eigenvalue weighted by molar-refractivity contribution is -0.118. The third-order valence-corrected chi connectivity index (χ3v) is 4.44. The molecule has 0 spiro atoms. The number of amides is 2. The zero-order valence-corrected chi connectivity index (χ0v) is 17.3. The van der Waals surface area contributed by atoms with Crippen LogP contribution in [0.25, 0.3) is 0 Å². The van der Waals surface area contributed by atoms with E-state index in [9.17, 15) is 9.59 Å². The SMILES string of the molecule is C=CCNC(=O)c1ccccc1NC(=O)COc1c(C)cc(Br)cc1Br. The minimum Gasteiger partial charge on any atom is -0.482 e. The lowest BCUT2D eigenvalue weighted by Gasteiger charge is -2.13. The molecule has 0 radical (unpaired) electrons. The van der Waals surface area contributed by atoms with Gasteiger partial charge in [0.25, 0.3) is 11.8 Å². The molecule has 0 aliphatic rings. The molecule has 136 valence electrons. The molecule has 0 saturated heterocycles. The van der Waals surface area contributed by atoms with E-state index in [0.717, 1.165) is 14.5 Å². The predicted octanol–water partition coefficient (Wildman–Crippen LogP) is 4.45. The predicted molar refractivity (Wildman–Crippen MR) is 110 cm³/mol. The monoisotopic (exact) mass is 480 g/mol. The number of carbonyl (C=O) groups excluding carboxylic acids is 2. The van der Waals surface area contributed by atoms with E-state index < -0.39 is 0 Å². The van der Waals surface area contributed by atoms with Crippen molar-refractivity contribution in [3.8, 4) is 5.75 Å². The number of anilines is 1. The summed E-state index contributed by atoms with van der Waals surface area (Å²) in [6, 6.07) is 10.5. The second-order valence-electron chi connectivity index (χ2n) is 5.41. The summed E-state index contributed by atoms with van der Waals surface area (Å²) >= 11 is 6.82. The van der Waals surface area contributed by atoms with E-state index in [1.807, 2.05) is 19.1 Å². The number of hydrogen-bond acceptors (Lipinski definition) is 3. The fourth-order valence-electron chi connectivity index (χ4n) is 2.25. The average molecular weight is 482 g/mol. The summed E-state index contributed by atoms with van der Waals surface area (Å²) in [5.41, 5.74) is 1.70. The molecular weight excluding hydrogens is 464 g/mol. The van der Waals surface area contributed by atoms with E-state index in [1.165, 1.54) is 0 Å². The Hall–Kier alpha value is -2.12. The maximum atomic E-state index is 12.3. The Labute approximate surface area is 169 Å². The van der Waals surface area contributed by atoms with Crippen molar-refractivity contribution in [1.29, 1.82) is 0 Å². The normalized spacial score (nSPS) is 10.1. The van der Waals surface area contributed by atoms with Gasteiger partial charge in [0.15, 0.2) is 6.61 Å². The van der Waals surface area contributed by atoms with Crippen LogP contribution in [0.2, 0.25) is 0 Å². The van der Waals surface area contributed by atoms with Crippen LogP contribution < -0.4 is 15.4 Å². The van der Waals surface area contributed by atoms with Crippen LogP contribution in [0, 0.1) is 6.92 Å². The zero-order valence-electron chi connectivity index (χ0n) is 14.1. The van der Waals surface area contributed by atoms with Crippen LogP contribution in [0.5, 0.6) is 5.75 Å². The van der Waals surface area contributed by atoms with E-state index in [-0.39, 0.29) is 18.4 Å². The number of hydrogen-bond donors (Lipinski definition) is 2. The first kappa shape index (κ1) is 20.2. The molecule has 26 heavy (non-hydrogen) atoms. The van der Waals surface area contributed by atoms with Gasteiger partial charge in [-0.1, -0.05) is 34.1 Å². The van der Waals surface area contributed by atoms with Gasteiger partial charge in [0, 0.05) is 11.0 Å². The maximum Gasteiger partial charge on any atom is 0.262 e. The number of halogens is 2. The van der Waals surface area contributed by atoms with Crippen LogP contribution in [0.15, 0.2) is 58.0 Å². The van der Waals surface area contributed by atoms with Crippen molar-refractivity contribution in [2.45, 2.75) is 6.92 Å². The van der Waals surface area contributed by atoms with Crippen LogP contribution in [0.4, 0.5) is 5.69 Å². The number of para-hydroxylation sites is 1. The summed E-state index contributed by atoms with van der Waals surface area (Å²) in [5.74, 6) is -0.0447. The highest BCUT2D eigenvalue weighted by atomic mass is 79.9. The number of ether oxygens (including phenoxy) is 1. The van der Waals surface area contributed by atoms with E-state index in [1.54, 1.807) is 30.3 Å². The molecule has 0 aromatic heterocycles. The van der Waals surface area contributed by atoms with Crippen molar-refractivity contribution in [1.82, 2.24) is 5.32 Å². The summed E-state index contributed by atoms with van der Waals surface area (Å²) in [6.45, 7) is 5.62. The van der Waals surface area contributed by atoms with Gasteiger partial charge in [-0.2, -0.15) is 0 Å². The molecular formula is C19H18Br2N2O3. The lowest BCUT2D eigenvalue weighted by atomic mass is 10.1. The third-order valence-electron chi connectivity index (χ3n) is 3.39. The summed E-state index contributed by atoms with van der Waals surface area (Å²) in [4.78, 5) is 24.4. The highest BCUT2D eigenvalue weighted by Crippen LogP contribution is 2.32. The average Bonchev–Trinajstić information content (AvgIpc) is 2.59. The van der Waals surface area contributed by atoms with Crippen LogP contribution in [0.1, 0.15) is 15.9 Å². The number of rotatable bonds is 7. The highest BCUT2D eigenvalue weighted by molar-refractivity contribution is 9.11. The molecule has 0 saturated carbocycles. The zero-order chi connectivity index (χ0) is 19.1. The summed E-state index contributed by atoms with van der Waals surface area (Å²) in [5, 5.41) is 5.40. The Morgan fingerprint density at radius 1 is 1.23 bits per heavy atom. The van der Waals surface area contributed by atoms with E-state index in [4.69, 9.17) is 4.74 Å². The standard InChI is InChI=1S/C19H18Br2N2O3/c1-3-8-22-19(25)14-6-4-5-7-16(14)23-17(24)11-26-18-12(2)9-13(20)10-15(18)21/h3-7,9-10H,1,8,11H2,2H3,(H,22,25)(H,23,24). The summed E-state index contributed by atoms with van der Waals surface area (Å²) in [6.07, 6.45) is 1.59. The van der Waals surface area contributed by atoms with E-state index in [2.05, 4.69) is 49.1 Å². The molecule has 0 atom stereocenters. The summed E-state index contributed by atoms with van der Waals surface area (Å²) < 4.78 is 7.29. The van der Waals surface area contributed by atoms with E-state index >= 15 is 0 Å². The Morgan fingerprint density at radius 3 is 2.65 bits per heavy atom. The molecule has 0 fully saturated rings. The van der Waals surface area contributed by atoms with Crippen molar-refractivity contribution in [3.63, 3.8) is 0 Å². The lowest BCUT2D eigenvalue weighted by Crippen LogP contribution is -2.26. The molecule has 0 unspecified atom stereocenters. The van der Waals surface area contributed by atoms with Crippen molar-refractivity contribution in [2.75, 3.05) is 18.5 Å². The number of carbonyl (C=O) groups is 2.